The second-order valence-electron chi connectivity index (χ2n) is 5.20. The quantitative estimate of drug-likeness (QED) is 0.910. The molecular formula is C19H23NO2. The SMILES string of the molecule is CC.NC(=O)C1CC1c1cccc(OCc2ccccc2)c1. The Labute approximate surface area is 132 Å². The van der Waals surface area contributed by atoms with E-state index in [2.05, 4.69) is 0 Å². The van der Waals surface area contributed by atoms with Gasteiger partial charge in [-0.3, -0.25) is 4.79 Å². The van der Waals surface area contributed by atoms with Crippen molar-refractivity contribution < 1.29 is 9.53 Å². The second kappa shape index (κ2) is 7.64. The average molecular weight is 297 g/mol. The molecule has 0 aliphatic heterocycles. The Hall–Kier alpha value is -2.29. The van der Waals surface area contributed by atoms with Crippen LogP contribution in [0, 0.1) is 5.92 Å². The standard InChI is InChI=1S/C17H17NO2.C2H6/c18-17(19)16-10-15(16)13-7-4-8-14(9-13)20-11-12-5-2-1-3-6-12;1-2/h1-9,15-16H,10-11H2,(H2,18,19);1-2H3. The third-order valence-corrected chi connectivity index (χ3v) is 3.69. The molecule has 22 heavy (non-hydrogen) atoms. The number of carbonyl (C=O) groups is 1. The Kier molecular flexibility index (Phi) is 5.59. The number of carbonyl (C=O) groups excluding carboxylic acids is 1. The van der Waals surface area contributed by atoms with Gasteiger partial charge in [-0.15, -0.1) is 0 Å². The largest absolute Gasteiger partial charge is 0.489 e. The van der Waals surface area contributed by atoms with Crippen molar-refractivity contribution in [1.82, 2.24) is 0 Å². The van der Waals surface area contributed by atoms with Gasteiger partial charge in [0.1, 0.15) is 12.4 Å². The lowest BCUT2D eigenvalue weighted by molar-refractivity contribution is -0.119. The first-order valence-corrected chi connectivity index (χ1v) is 7.80. The third-order valence-electron chi connectivity index (χ3n) is 3.69. The molecule has 1 aliphatic carbocycles. The monoisotopic (exact) mass is 297 g/mol. The highest BCUT2D eigenvalue weighted by atomic mass is 16.5. The number of hydrogen-bond donors (Lipinski definition) is 1. The molecule has 0 saturated heterocycles. The fourth-order valence-corrected chi connectivity index (χ4v) is 2.45. The van der Waals surface area contributed by atoms with E-state index in [1.165, 1.54) is 0 Å². The van der Waals surface area contributed by atoms with E-state index in [-0.39, 0.29) is 17.7 Å². The summed E-state index contributed by atoms with van der Waals surface area (Å²) in [4.78, 5) is 11.1. The van der Waals surface area contributed by atoms with Crippen LogP contribution in [0.3, 0.4) is 0 Å². The van der Waals surface area contributed by atoms with Crippen LogP contribution in [0.1, 0.15) is 37.3 Å². The van der Waals surface area contributed by atoms with E-state index < -0.39 is 0 Å². The lowest BCUT2D eigenvalue weighted by atomic mass is 10.1. The van der Waals surface area contributed by atoms with Gasteiger partial charge in [-0.05, 0) is 35.6 Å². The minimum absolute atomic E-state index is 0.000580. The number of primary amides is 1. The van der Waals surface area contributed by atoms with Crippen LogP contribution < -0.4 is 10.5 Å². The molecular weight excluding hydrogens is 274 g/mol. The van der Waals surface area contributed by atoms with Crippen molar-refractivity contribution in [3.05, 3.63) is 65.7 Å². The molecule has 116 valence electrons. The average Bonchev–Trinajstić information content (AvgIpc) is 3.37. The Balaban J connectivity index is 0.000000847. The molecule has 0 radical (unpaired) electrons. The Morgan fingerprint density at radius 1 is 1.14 bits per heavy atom. The van der Waals surface area contributed by atoms with Crippen LogP contribution in [0.5, 0.6) is 5.75 Å². The molecule has 2 N–H and O–H groups in total. The van der Waals surface area contributed by atoms with Gasteiger partial charge in [0.05, 0.1) is 0 Å². The summed E-state index contributed by atoms with van der Waals surface area (Å²) in [5.41, 5.74) is 7.60. The summed E-state index contributed by atoms with van der Waals surface area (Å²) < 4.78 is 5.79. The van der Waals surface area contributed by atoms with Gasteiger partial charge in [0.15, 0.2) is 0 Å². The van der Waals surface area contributed by atoms with E-state index in [4.69, 9.17) is 10.5 Å². The molecule has 3 heteroatoms. The highest BCUT2D eigenvalue weighted by Gasteiger charge is 2.42. The first-order valence-electron chi connectivity index (χ1n) is 7.80. The van der Waals surface area contributed by atoms with Gasteiger partial charge in [0.25, 0.3) is 0 Å². The molecule has 1 fully saturated rings. The summed E-state index contributed by atoms with van der Waals surface area (Å²) in [6, 6.07) is 18.0. The van der Waals surface area contributed by atoms with E-state index >= 15 is 0 Å². The Bertz CT molecular complexity index is 610. The zero-order valence-electron chi connectivity index (χ0n) is 13.2. The first-order chi connectivity index (χ1) is 10.7. The van der Waals surface area contributed by atoms with Crippen molar-refractivity contribution in [2.75, 3.05) is 0 Å². The Morgan fingerprint density at radius 3 is 2.50 bits per heavy atom. The van der Waals surface area contributed by atoms with Crippen molar-refractivity contribution in [1.29, 1.82) is 0 Å². The van der Waals surface area contributed by atoms with E-state index in [0.717, 1.165) is 23.3 Å². The topological polar surface area (TPSA) is 52.3 Å². The van der Waals surface area contributed by atoms with Gasteiger partial charge in [-0.1, -0.05) is 56.3 Å². The summed E-state index contributed by atoms with van der Waals surface area (Å²) in [6.45, 7) is 4.55. The maximum absolute atomic E-state index is 11.1. The minimum Gasteiger partial charge on any atom is -0.489 e. The van der Waals surface area contributed by atoms with Crippen molar-refractivity contribution >= 4 is 5.91 Å². The zero-order chi connectivity index (χ0) is 15.9. The van der Waals surface area contributed by atoms with Gasteiger partial charge in [0.2, 0.25) is 5.91 Å². The van der Waals surface area contributed by atoms with Crippen LogP contribution >= 0.6 is 0 Å². The summed E-state index contributed by atoms with van der Waals surface area (Å²) >= 11 is 0. The third kappa shape index (κ3) is 4.10. The fourth-order valence-electron chi connectivity index (χ4n) is 2.45. The van der Waals surface area contributed by atoms with E-state index in [1.807, 2.05) is 68.4 Å². The van der Waals surface area contributed by atoms with E-state index in [1.54, 1.807) is 0 Å². The number of ether oxygens (including phenoxy) is 1. The summed E-state index contributed by atoms with van der Waals surface area (Å²) in [7, 11) is 0. The predicted molar refractivity (Wildman–Crippen MR) is 88.6 cm³/mol. The lowest BCUT2D eigenvalue weighted by Crippen LogP contribution is -2.13. The molecule has 2 aromatic rings. The number of nitrogens with two attached hydrogens (primary N) is 1. The van der Waals surface area contributed by atoms with Gasteiger partial charge in [-0.2, -0.15) is 0 Å². The number of amides is 1. The van der Waals surface area contributed by atoms with Crippen molar-refractivity contribution in [3.8, 4) is 5.75 Å². The Morgan fingerprint density at radius 2 is 1.86 bits per heavy atom. The second-order valence-corrected chi connectivity index (χ2v) is 5.20. The molecule has 2 atom stereocenters. The van der Waals surface area contributed by atoms with Crippen molar-refractivity contribution in [2.24, 2.45) is 11.7 Å². The van der Waals surface area contributed by atoms with Gasteiger partial charge >= 0.3 is 0 Å². The summed E-state index contributed by atoms with van der Waals surface area (Å²) in [6.07, 6.45) is 0.859. The molecule has 1 aliphatic rings. The highest BCUT2D eigenvalue weighted by Crippen LogP contribution is 2.47. The summed E-state index contributed by atoms with van der Waals surface area (Å²) in [5.74, 6) is 0.902. The number of rotatable bonds is 5. The lowest BCUT2D eigenvalue weighted by Gasteiger charge is -2.08. The van der Waals surface area contributed by atoms with Crippen LogP contribution in [0.2, 0.25) is 0 Å². The molecule has 3 rings (SSSR count). The molecule has 0 heterocycles. The molecule has 1 saturated carbocycles. The van der Waals surface area contributed by atoms with Crippen molar-refractivity contribution in [2.45, 2.75) is 32.8 Å². The first kappa shape index (κ1) is 16.1. The summed E-state index contributed by atoms with van der Waals surface area (Å²) in [5, 5.41) is 0. The highest BCUT2D eigenvalue weighted by molar-refractivity contribution is 5.81. The van der Waals surface area contributed by atoms with Crippen LogP contribution in [0.15, 0.2) is 54.6 Å². The minimum atomic E-state index is -0.203. The van der Waals surface area contributed by atoms with Crippen LogP contribution in [0.4, 0.5) is 0 Å². The molecule has 0 aromatic heterocycles. The number of benzene rings is 2. The van der Waals surface area contributed by atoms with Gasteiger partial charge < -0.3 is 10.5 Å². The fraction of sp³-hybridized carbons (Fsp3) is 0.316. The molecule has 2 aromatic carbocycles. The molecule has 0 bridgehead atoms. The predicted octanol–water partition coefficient (Wildman–Crippen LogP) is 3.88. The maximum atomic E-state index is 11.1. The molecule has 3 nitrogen and oxygen atoms in total. The van der Waals surface area contributed by atoms with Gasteiger partial charge in [-0.25, -0.2) is 0 Å². The van der Waals surface area contributed by atoms with E-state index in [0.29, 0.717) is 6.61 Å². The van der Waals surface area contributed by atoms with E-state index in [9.17, 15) is 4.79 Å². The molecule has 1 amide bonds. The van der Waals surface area contributed by atoms with Crippen molar-refractivity contribution in [3.63, 3.8) is 0 Å². The number of hydrogen-bond acceptors (Lipinski definition) is 2. The van der Waals surface area contributed by atoms with Crippen LogP contribution in [-0.4, -0.2) is 5.91 Å². The smallest absolute Gasteiger partial charge is 0.221 e. The zero-order valence-corrected chi connectivity index (χ0v) is 13.2. The maximum Gasteiger partial charge on any atom is 0.221 e. The van der Waals surface area contributed by atoms with Crippen LogP contribution in [-0.2, 0) is 11.4 Å². The molecule has 0 spiro atoms. The normalized spacial score (nSPS) is 18.8. The van der Waals surface area contributed by atoms with Crippen LogP contribution in [0.25, 0.3) is 0 Å². The molecule has 2 unspecified atom stereocenters. The van der Waals surface area contributed by atoms with Gasteiger partial charge in [0, 0.05) is 5.92 Å².